The highest BCUT2D eigenvalue weighted by Gasteiger charge is 2.66. The molecule has 210 valence electrons. The van der Waals surface area contributed by atoms with Gasteiger partial charge in [-0.25, -0.2) is 4.79 Å². The van der Waals surface area contributed by atoms with Crippen LogP contribution in [0.15, 0.2) is 36.4 Å². The van der Waals surface area contributed by atoms with Crippen molar-refractivity contribution in [2.24, 2.45) is 51.2 Å². The van der Waals surface area contributed by atoms with E-state index in [2.05, 4.69) is 45.9 Å². The van der Waals surface area contributed by atoms with Crippen molar-refractivity contribution in [1.29, 1.82) is 0 Å². The Balaban J connectivity index is 1.29. The van der Waals surface area contributed by atoms with Crippen LogP contribution in [0.25, 0.3) is 11.6 Å². The molecule has 4 heteroatoms. The summed E-state index contributed by atoms with van der Waals surface area (Å²) in [5, 5.41) is 19.2. The molecule has 0 aromatic heterocycles. The van der Waals surface area contributed by atoms with Crippen LogP contribution in [0, 0.1) is 51.2 Å². The van der Waals surface area contributed by atoms with E-state index in [1.165, 1.54) is 42.9 Å². The fourth-order valence-corrected chi connectivity index (χ4v) is 11.6. The normalized spacial score (nSPS) is 42.6. The fourth-order valence-electron chi connectivity index (χ4n) is 11.6. The number of rotatable bonds is 4. The lowest BCUT2D eigenvalue weighted by Crippen LogP contribution is -2.61. The lowest BCUT2D eigenvalue weighted by atomic mass is 9.36. The summed E-state index contributed by atoms with van der Waals surface area (Å²) in [5.41, 5.74) is 3.78. The van der Waals surface area contributed by atoms with Crippen molar-refractivity contribution < 1.29 is 19.8 Å². The van der Waals surface area contributed by atoms with Gasteiger partial charge in [-0.05, 0) is 126 Å². The number of aliphatic carboxylic acids is 2. The Labute approximate surface area is 234 Å². The minimum atomic E-state index is -0.925. The molecule has 0 spiro atoms. The molecule has 1 aromatic carbocycles. The zero-order valence-electron chi connectivity index (χ0n) is 24.2. The summed E-state index contributed by atoms with van der Waals surface area (Å²) in [6.45, 7) is 10.1. The van der Waals surface area contributed by atoms with Gasteiger partial charge in [0, 0.05) is 6.08 Å². The van der Waals surface area contributed by atoms with Crippen molar-refractivity contribution in [3.63, 3.8) is 0 Å². The molecule has 0 aliphatic heterocycles. The highest BCUT2D eigenvalue weighted by molar-refractivity contribution is 5.85. The highest BCUT2D eigenvalue weighted by Crippen LogP contribution is 2.73. The molecule has 39 heavy (non-hydrogen) atoms. The summed E-state index contributed by atoms with van der Waals surface area (Å²) in [5.74, 6) is 1.51. The molecular formula is C35H46O4. The van der Waals surface area contributed by atoms with Crippen molar-refractivity contribution in [1.82, 2.24) is 0 Å². The summed E-state index contributed by atoms with van der Waals surface area (Å²) >= 11 is 0. The summed E-state index contributed by atoms with van der Waals surface area (Å²) in [6, 6.07) is 8.38. The van der Waals surface area contributed by atoms with Gasteiger partial charge in [-0.1, -0.05) is 64.5 Å². The Hall–Kier alpha value is -2.36. The molecular weight excluding hydrogens is 484 g/mol. The highest BCUT2D eigenvalue weighted by atomic mass is 16.4. The van der Waals surface area contributed by atoms with Crippen molar-refractivity contribution >= 4 is 23.6 Å². The number of carboxylic acids is 2. The first-order chi connectivity index (χ1) is 18.4. The van der Waals surface area contributed by atoms with Crippen LogP contribution in [0.4, 0.5) is 0 Å². The molecule has 5 aliphatic rings. The molecule has 0 amide bonds. The summed E-state index contributed by atoms with van der Waals surface area (Å²) in [4.78, 5) is 23.4. The number of carbonyl (C=O) groups is 2. The molecule has 4 nitrogen and oxygen atoms in total. The molecule has 0 radical (unpaired) electrons. The van der Waals surface area contributed by atoms with Gasteiger partial charge in [0.05, 0.1) is 5.41 Å². The number of allylic oxidation sites excluding steroid dienone is 2. The van der Waals surface area contributed by atoms with Gasteiger partial charge in [0.25, 0.3) is 0 Å². The van der Waals surface area contributed by atoms with Crippen LogP contribution in [-0.4, -0.2) is 22.2 Å². The average Bonchev–Trinajstić information content (AvgIpc) is 3.34. The Morgan fingerprint density at radius 2 is 1.56 bits per heavy atom. The third-order valence-electron chi connectivity index (χ3n) is 13.2. The molecule has 4 unspecified atom stereocenters. The van der Waals surface area contributed by atoms with Crippen LogP contribution in [-0.2, 0) is 9.59 Å². The number of fused-ring (bicyclic) bond motifs is 7. The van der Waals surface area contributed by atoms with E-state index in [1.54, 1.807) is 6.08 Å². The second-order valence-electron chi connectivity index (χ2n) is 14.8. The average molecular weight is 531 g/mol. The molecule has 0 heterocycles. The second-order valence-corrected chi connectivity index (χ2v) is 14.8. The standard InChI is InChI=1S/C35H46O4/c1-32(2)25(23-10-7-22(8-11-23)9-14-30(36)37)15-19-34(4)28(32)17-20-33(3)26-16-21-35(31(38)39)18-5-6-27(35)24(26)12-13-29(33)34/h7-11,14-15,24,26-29H,5-6,12-13,16-21H2,1-4H3,(H,36,37)(H,38,39)/b14-9+/t24-,26?,27?,28?,29?,33-,34-,35-/m0/s1. The number of carboxylic acid groups (broad SMARTS) is 2. The van der Waals surface area contributed by atoms with Crippen molar-refractivity contribution in [2.45, 2.75) is 91.9 Å². The van der Waals surface area contributed by atoms with Gasteiger partial charge in [-0.2, -0.15) is 0 Å². The van der Waals surface area contributed by atoms with E-state index in [0.29, 0.717) is 35.0 Å². The van der Waals surface area contributed by atoms with Gasteiger partial charge in [-0.15, -0.1) is 0 Å². The van der Waals surface area contributed by atoms with Gasteiger partial charge in [0.15, 0.2) is 0 Å². The SMILES string of the molecule is CC1(C)C(c2ccc(/C=C/C(=O)O)cc2)=CC[C@@]2(C)C1CC[C@@]1(C)C3CC[C@@]4(C(=O)O)CCCC4[C@H]3CCC12. The minimum absolute atomic E-state index is 0.0556. The predicted octanol–water partition coefficient (Wildman–Crippen LogP) is 8.33. The van der Waals surface area contributed by atoms with E-state index in [0.717, 1.165) is 44.1 Å². The maximum Gasteiger partial charge on any atom is 0.328 e. The number of hydrogen-bond donors (Lipinski definition) is 2. The Morgan fingerprint density at radius 1 is 0.821 bits per heavy atom. The summed E-state index contributed by atoms with van der Waals surface area (Å²) < 4.78 is 0. The van der Waals surface area contributed by atoms with Gasteiger partial charge in [0.1, 0.15) is 0 Å². The monoisotopic (exact) mass is 530 g/mol. The van der Waals surface area contributed by atoms with Crippen molar-refractivity contribution in [3.05, 3.63) is 47.5 Å². The maximum absolute atomic E-state index is 12.5. The molecule has 4 fully saturated rings. The van der Waals surface area contributed by atoms with E-state index >= 15 is 0 Å². The Bertz CT molecular complexity index is 1220. The van der Waals surface area contributed by atoms with Crippen LogP contribution >= 0.6 is 0 Å². The Morgan fingerprint density at radius 3 is 2.26 bits per heavy atom. The van der Waals surface area contributed by atoms with Gasteiger partial charge in [-0.3, -0.25) is 4.79 Å². The van der Waals surface area contributed by atoms with Crippen LogP contribution < -0.4 is 0 Å². The van der Waals surface area contributed by atoms with E-state index in [9.17, 15) is 14.7 Å². The third-order valence-corrected chi connectivity index (χ3v) is 13.2. The smallest absolute Gasteiger partial charge is 0.328 e. The molecule has 1 aromatic rings. The topological polar surface area (TPSA) is 74.6 Å². The zero-order chi connectivity index (χ0) is 27.8. The second kappa shape index (κ2) is 9.08. The lowest BCUT2D eigenvalue weighted by molar-refractivity contribution is -0.187. The lowest BCUT2D eigenvalue weighted by Gasteiger charge is -2.68. The van der Waals surface area contributed by atoms with Crippen LogP contribution in [0.5, 0.6) is 0 Å². The number of benzene rings is 1. The van der Waals surface area contributed by atoms with Gasteiger partial charge < -0.3 is 10.2 Å². The van der Waals surface area contributed by atoms with Crippen molar-refractivity contribution in [2.75, 3.05) is 0 Å². The van der Waals surface area contributed by atoms with E-state index in [4.69, 9.17) is 5.11 Å². The third kappa shape index (κ3) is 3.83. The van der Waals surface area contributed by atoms with Gasteiger partial charge in [0.2, 0.25) is 0 Å². The number of hydrogen-bond acceptors (Lipinski definition) is 2. The quantitative estimate of drug-likeness (QED) is 0.384. The molecule has 5 aliphatic carbocycles. The first-order valence-corrected chi connectivity index (χ1v) is 15.4. The predicted molar refractivity (Wildman–Crippen MR) is 155 cm³/mol. The zero-order valence-corrected chi connectivity index (χ0v) is 24.2. The first-order valence-electron chi connectivity index (χ1n) is 15.4. The van der Waals surface area contributed by atoms with Crippen LogP contribution in [0.2, 0.25) is 0 Å². The van der Waals surface area contributed by atoms with Crippen LogP contribution in [0.3, 0.4) is 0 Å². The van der Waals surface area contributed by atoms with E-state index in [1.807, 2.05) is 12.1 Å². The summed E-state index contributed by atoms with van der Waals surface area (Å²) in [6.07, 6.45) is 16.6. The molecule has 2 N–H and O–H groups in total. The molecule has 6 rings (SSSR count). The fraction of sp³-hybridized carbons (Fsp3) is 0.657. The Kier molecular flexibility index (Phi) is 6.25. The van der Waals surface area contributed by atoms with Crippen LogP contribution in [0.1, 0.15) is 103 Å². The molecule has 0 bridgehead atoms. The van der Waals surface area contributed by atoms with E-state index < -0.39 is 17.4 Å². The molecule has 8 atom stereocenters. The van der Waals surface area contributed by atoms with Gasteiger partial charge >= 0.3 is 11.9 Å². The summed E-state index contributed by atoms with van der Waals surface area (Å²) in [7, 11) is 0. The molecule has 4 saturated carbocycles. The largest absolute Gasteiger partial charge is 0.481 e. The first kappa shape index (κ1) is 26.8. The van der Waals surface area contributed by atoms with E-state index in [-0.39, 0.29) is 10.8 Å². The molecule has 0 saturated heterocycles. The van der Waals surface area contributed by atoms with Crippen molar-refractivity contribution in [3.8, 4) is 0 Å². The minimum Gasteiger partial charge on any atom is -0.481 e. The maximum atomic E-state index is 12.5.